The number of rotatable bonds is 5. The van der Waals surface area contributed by atoms with Crippen molar-refractivity contribution >= 4 is 24.3 Å². The van der Waals surface area contributed by atoms with Gasteiger partial charge in [-0.15, -0.1) is 5.48 Å². The molecule has 0 aromatic carbocycles. The fourth-order valence-corrected chi connectivity index (χ4v) is 0.802. The highest BCUT2D eigenvalue weighted by Gasteiger charge is 2.26. The van der Waals surface area contributed by atoms with Crippen LogP contribution in [0.25, 0.3) is 0 Å². The number of hydrogen-bond acceptors (Lipinski definition) is 12. The maximum atomic E-state index is 11.0. The van der Waals surface area contributed by atoms with Gasteiger partial charge in [-0.1, -0.05) is 6.58 Å². The van der Waals surface area contributed by atoms with Crippen LogP contribution in [0.4, 0.5) is 14.4 Å². The first kappa shape index (κ1) is 16.0. The number of cyclic esters (lactones) is 2. The largest absolute Gasteiger partial charge is 0.510 e. The second kappa shape index (κ2) is 7.51. The number of hydroxylamine groups is 1. The van der Waals surface area contributed by atoms with Gasteiger partial charge in [0.25, 0.3) is 0 Å². The van der Waals surface area contributed by atoms with Gasteiger partial charge in [0.2, 0.25) is 6.23 Å². The molecule has 0 aromatic rings. The Hall–Kier alpha value is -3.06. The number of amides is 2. The Balaban J connectivity index is 2.13. The zero-order valence-corrected chi connectivity index (χ0v) is 10.2. The first-order valence-corrected chi connectivity index (χ1v) is 5.06. The summed E-state index contributed by atoms with van der Waals surface area (Å²) in [5.41, 5.74) is 7.95. The normalized spacial score (nSPS) is 16.2. The van der Waals surface area contributed by atoms with Crippen LogP contribution in [0.3, 0.4) is 0 Å². The molecule has 1 rings (SSSR count). The molecule has 1 aliphatic heterocycles. The minimum atomic E-state index is -1.36. The number of carbonyl (C=O) groups excluding carboxylic acids is 4. The molecule has 13 nitrogen and oxygen atoms in total. The zero-order chi connectivity index (χ0) is 15.8. The quantitative estimate of drug-likeness (QED) is 0.196. The number of nitrogens with one attached hydrogen (secondary N) is 3. The average Bonchev–Trinajstić information content (AvgIpc) is 2.82. The van der Waals surface area contributed by atoms with Crippen molar-refractivity contribution in [3.05, 3.63) is 12.3 Å². The zero-order valence-electron chi connectivity index (χ0n) is 10.2. The van der Waals surface area contributed by atoms with Crippen LogP contribution in [-0.2, 0) is 28.8 Å². The van der Waals surface area contributed by atoms with Gasteiger partial charge >= 0.3 is 24.3 Å². The molecule has 116 valence electrons. The molecule has 0 bridgehead atoms. The maximum Gasteiger partial charge on any atom is 0.510 e. The van der Waals surface area contributed by atoms with Crippen LogP contribution < -0.4 is 22.2 Å². The van der Waals surface area contributed by atoms with Crippen molar-refractivity contribution in [1.82, 2.24) is 16.4 Å². The van der Waals surface area contributed by atoms with Crippen LogP contribution in [0.1, 0.15) is 0 Å². The summed E-state index contributed by atoms with van der Waals surface area (Å²) in [5, 5.41) is 1.54. The molecule has 1 saturated heterocycles. The lowest BCUT2D eigenvalue weighted by Crippen LogP contribution is -2.41. The summed E-state index contributed by atoms with van der Waals surface area (Å²) in [4.78, 5) is 55.7. The van der Waals surface area contributed by atoms with Crippen molar-refractivity contribution in [1.29, 1.82) is 0 Å². The van der Waals surface area contributed by atoms with E-state index in [2.05, 4.69) is 30.6 Å². The molecule has 13 heteroatoms. The van der Waals surface area contributed by atoms with Crippen molar-refractivity contribution in [3.8, 4) is 0 Å². The third-order valence-electron chi connectivity index (χ3n) is 1.61. The van der Waals surface area contributed by atoms with E-state index in [0.717, 1.165) is 0 Å². The molecule has 21 heavy (non-hydrogen) atoms. The molecule has 0 aliphatic carbocycles. The molecule has 1 fully saturated rings. The SMILES string of the molecule is C=C(N)C(=O)ONOC(=O)NC(=O)ONC1COC(=O)O1. The van der Waals surface area contributed by atoms with Gasteiger partial charge in [0.15, 0.2) is 0 Å². The second-order valence-corrected chi connectivity index (χ2v) is 3.19. The molecule has 0 spiro atoms. The minimum absolute atomic E-state index is 0.183. The van der Waals surface area contributed by atoms with Crippen LogP contribution in [0, 0.1) is 0 Å². The number of carbonyl (C=O) groups is 4. The molecule has 1 atom stereocenters. The van der Waals surface area contributed by atoms with E-state index in [4.69, 9.17) is 5.73 Å². The summed E-state index contributed by atoms with van der Waals surface area (Å²) < 4.78 is 8.82. The lowest BCUT2D eigenvalue weighted by atomic mass is 10.5. The first-order valence-electron chi connectivity index (χ1n) is 5.06. The number of hydrogen-bond donors (Lipinski definition) is 4. The Kier molecular flexibility index (Phi) is 5.72. The van der Waals surface area contributed by atoms with E-state index in [0.29, 0.717) is 0 Å². The van der Waals surface area contributed by atoms with Crippen molar-refractivity contribution in [2.75, 3.05) is 6.61 Å². The first-order chi connectivity index (χ1) is 9.88. The second-order valence-electron chi connectivity index (χ2n) is 3.19. The van der Waals surface area contributed by atoms with Crippen LogP contribution in [0.2, 0.25) is 0 Å². The lowest BCUT2D eigenvalue weighted by Gasteiger charge is -2.09. The summed E-state index contributed by atoms with van der Waals surface area (Å²) in [6.07, 6.45) is -4.60. The molecule has 0 aromatic heterocycles. The van der Waals surface area contributed by atoms with Gasteiger partial charge in [-0.3, -0.25) is 0 Å². The molecular formula is C8H10N4O9. The molecule has 0 radical (unpaired) electrons. The highest BCUT2D eigenvalue weighted by Crippen LogP contribution is 2.02. The maximum absolute atomic E-state index is 11.0. The Morgan fingerprint density at radius 1 is 1.24 bits per heavy atom. The third-order valence-corrected chi connectivity index (χ3v) is 1.61. The fourth-order valence-electron chi connectivity index (χ4n) is 0.802. The van der Waals surface area contributed by atoms with Crippen molar-refractivity contribution < 1.29 is 43.2 Å². The summed E-state index contributed by atoms with van der Waals surface area (Å²) >= 11 is 0. The van der Waals surface area contributed by atoms with E-state index in [9.17, 15) is 19.2 Å². The van der Waals surface area contributed by atoms with E-state index < -0.39 is 36.2 Å². The third kappa shape index (κ3) is 6.08. The van der Waals surface area contributed by atoms with Gasteiger partial charge in [0.05, 0.1) is 0 Å². The Morgan fingerprint density at radius 3 is 2.48 bits per heavy atom. The monoisotopic (exact) mass is 306 g/mol. The molecule has 1 unspecified atom stereocenters. The van der Waals surface area contributed by atoms with Crippen LogP contribution in [0.5, 0.6) is 0 Å². The summed E-state index contributed by atoms with van der Waals surface area (Å²) in [6, 6.07) is 0. The molecule has 1 aliphatic rings. The topological polar surface area (TPSA) is 177 Å². The highest BCUT2D eigenvalue weighted by molar-refractivity contribution is 5.87. The molecular weight excluding hydrogens is 296 g/mol. The van der Waals surface area contributed by atoms with Crippen LogP contribution >= 0.6 is 0 Å². The number of ether oxygens (including phenoxy) is 2. The van der Waals surface area contributed by atoms with Gasteiger partial charge in [0, 0.05) is 5.64 Å². The van der Waals surface area contributed by atoms with E-state index in [1.54, 1.807) is 5.32 Å². The Labute approximate surface area is 116 Å². The van der Waals surface area contributed by atoms with Crippen LogP contribution in [-0.4, -0.2) is 37.1 Å². The summed E-state index contributed by atoms with van der Waals surface area (Å²) in [7, 11) is 0. The van der Waals surface area contributed by atoms with Crippen molar-refractivity contribution in [3.63, 3.8) is 0 Å². The fraction of sp³-hybridized carbons (Fsp3) is 0.250. The van der Waals surface area contributed by atoms with Gasteiger partial charge < -0.3 is 29.7 Å². The standard InChI is InChI=1S/C8H10N4O9/c1-3(9)5(13)19-12-21-7(15)10-6(14)20-11-4-2-17-8(16)18-4/h4,11-12H,1-2,9H2,(H,10,14,15). The summed E-state index contributed by atoms with van der Waals surface area (Å²) in [6.45, 7) is 2.86. The molecule has 5 N–H and O–H groups in total. The number of imide groups is 1. The van der Waals surface area contributed by atoms with Gasteiger partial charge in [0.1, 0.15) is 12.3 Å². The molecule has 2 amide bonds. The van der Waals surface area contributed by atoms with Gasteiger partial charge in [-0.2, -0.15) is 0 Å². The molecule has 1 heterocycles. The predicted octanol–water partition coefficient (Wildman–Crippen LogP) is -1.72. The van der Waals surface area contributed by atoms with E-state index in [1.165, 1.54) is 5.64 Å². The number of nitrogens with two attached hydrogens (primary N) is 1. The Bertz CT molecular complexity index is 465. The van der Waals surface area contributed by atoms with E-state index in [1.807, 2.05) is 5.48 Å². The Morgan fingerprint density at radius 2 is 1.90 bits per heavy atom. The highest BCUT2D eigenvalue weighted by atomic mass is 16.9. The van der Waals surface area contributed by atoms with E-state index >= 15 is 0 Å². The van der Waals surface area contributed by atoms with Crippen molar-refractivity contribution in [2.45, 2.75) is 6.23 Å². The van der Waals surface area contributed by atoms with Gasteiger partial charge in [-0.05, 0) is 0 Å². The predicted molar refractivity (Wildman–Crippen MR) is 58.0 cm³/mol. The summed E-state index contributed by atoms with van der Waals surface area (Å²) in [5.74, 6) is -1.09. The van der Waals surface area contributed by atoms with E-state index in [-0.39, 0.29) is 6.61 Å². The van der Waals surface area contributed by atoms with Crippen molar-refractivity contribution in [2.24, 2.45) is 5.73 Å². The smallest absolute Gasteiger partial charge is 0.429 e. The van der Waals surface area contributed by atoms with Gasteiger partial charge in [-0.25, -0.2) is 24.5 Å². The van der Waals surface area contributed by atoms with Crippen LogP contribution in [0.15, 0.2) is 12.3 Å². The lowest BCUT2D eigenvalue weighted by molar-refractivity contribution is -0.171. The minimum Gasteiger partial charge on any atom is -0.429 e. The average molecular weight is 306 g/mol. The molecule has 0 saturated carbocycles.